The molecule has 0 saturated carbocycles. The summed E-state index contributed by atoms with van der Waals surface area (Å²) in [6.07, 6.45) is 1.46. The monoisotopic (exact) mass is 297 g/mol. The Morgan fingerprint density at radius 3 is 2.45 bits per heavy atom. The molecule has 0 spiro atoms. The Bertz CT molecular complexity index is 709. The number of benzene rings is 2. The average Bonchev–Trinajstić information content (AvgIpc) is 2.49. The normalized spacial score (nSPS) is 10.4. The number of anilines is 1. The standard InChI is InChI=1S/C16H15N3O3/c1-11(20)18-15-5-3-2-4-14(15)16(22)19-17-10-12-6-8-13(21)9-7-12/h2-10,21H,1H3,(H,18,20)(H,19,22)/b17-10+. The molecule has 2 amide bonds. The maximum atomic E-state index is 12.1. The van der Waals surface area contributed by atoms with E-state index >= 15 is 0 Å². The highest BCUT2D eigenvalue weighted by atomic mass is 16.3. The van der Waals surface area contributed by atoms with Crippen LogP contribution in [0.1, 0.15) is 22.8 Å². The van der Waals surface area contributed by atoms with E-state index in [0.717, 1.165) is 5.56 Å². The third kappa shape index (κ3) is 4.17. The number of nitrogens with one attached hydrogen (secondary N) is 2. The predicted octanol–water partition coefficient (Wildman–Crippen LogP) is 2.11. The fourth-order valence-electron chi connectivity index (χ4n) is 1.77. The van der Waals surface area contributed by atoms with Gasteiger partial charge in [0.25, 0.3) is 5.91 Å². The molecular weight excluding hydrogens is 282 g/mol. The predicted molar refractivity (Wildman–Crippen MR) is 83.9 cm³/mol. The summed E-state index contributed by atoms with van der Waals surface area (Å²) in [7, 11) is 0. The van der Waals surface area contributed by atoms with Crippen LogP contribution in [0.25, 0.3) is 0 Å². The van der Waals surface area contributed by atoms with Gasteiger partial charge in [-0.1, -0.05) is 12.1 Å². The highest BCUT2D eigenvalue weighted by Gasteiger charge is 2.10. The molecule has 0 saturated heterocycles. The molecule has 0 fully saturated rings. The zero-order chi connectivity index (χ0) is 15.9. The maximum absolute atomic E-state index is 12.1. The van der Waals surface area contributed by atoms with Crippen molar-refractivity contribution >= 4 is 23.7 Å². The van der Waals surface area contributed by atoms with Gasteiger partial charge in [0.15, 0.2) is 0 Å². The minimum Gasteiger partial charge on any atom is -0.508 e. The van der Waals surface area contributed by atoms with Crippen molar-refractivity contribution in [1.29, 1.82) is 0 Å². The molecule has 2 rings (SSSR count). The van der Waals surface area contributed by atoms with E-state index in [1.807, 2.05) is 0 Å². The summed E-state index contributed by atoms with van der Waals surface area (Å²) in [6.45, 7) is 1.37. The lowest BCUT2D eigenvalue weighted by Crippen LogP contribution is -2.20. The molecule has 112 valence electrons. The summed E-state index contributed by atoms with van der Waals surface area (Å²) in [5.74, 6) is -0.530. The van der Waals surface area contributed by atoms with Crippen molar-refractivity contribution < 1.29 is 14.7 Å². The summed E-state index contributed by atoms with van der Waals surface area (Å²) in [6, 6.07) is 13.0. The van der Waals surface area contributed by atoms with Crippen LogP contribution in [0.4, 0.5) is 5.69 Å². The molecule has 0 aliphatic heterocycles. The van der Waals surface area contributed by atoms with Crippen LogP contribution in [-0.4, -0.2) is 23.1 Å². The lowest BCUT2D eigenvalue weighted by Gasteiger charge is -2.07. The summed E-state index contributed by atoms with van der Waals surface area (Å²) in [5, 5.41) is 15.6. The van der Waals surface area contributed by atoms with E-state index in [4.69, 9.17) is 0 Å². The average molecular weight is 297 g/mol. The third-order valence-corrected chi connectivity index (χ3v) is 2.76. The van der Waals surface area contributed by atoms with Crippen molar-refractivity contribution in [3.05, 3.63) is 59.7 Å². The topological polar surface area (TPSA) is 90.8 Å². The molecule has 0 atom stereocenters. The fraction of sp³-hybridized carbons (Fsp3) is 0.0625. The number of hydrazone groups is 1. The van der Waals surface area contributed by atoms with Crippen molar-refractivity contribution in [2.45, 2.75) is 6.92 Å². The summed E-state index contributed by atoms with van der Waals surface area (Å²) in [4.78, 5) is 23.2. The second-order valence-corrected chi connectivity index (χ2v) is 4.52. The molecule has 0 radical (unpaired) electrons. The van der Waals surface area contributed by atoms with Crippen molar-refractivity contribution in [3.63, 3.8) is 0 Å². The van der Waals surface area contributed by atoms with Crippen LogP contribution in [0.2, 0.25) is 0 Å². The van der Waals surface area contributed by atoms with Crippen LogP contribution in [0, 0.1) is 0 Å². The van der Waals surface area contributed by atoms with Crippen LogP contribution in [0.15, 0.2) is 53.6 Å². The van der Waals surface area contributed by atoms with E-state index in [9.17, 15) is 14.7 Å². The number of carbonyl (C=O) groups excluding carboxylic acids is 2. The van der Waals surface area contributed by atoms with Crippen LogP contribution < -0.4 is 10.7 Å². The Labute approximate surface area is 127 Å². The van der Waals surface area contributed by atoms with Gasteiger partial charge in [0.2, 0.25) is 5.91 Å². The molecule has 0 bridgehead atoms. The minimum absolute atomic E-state index is 0.158. The molecule has 0 heterocycles. The first-order valence-corrected chi connectivity index (χ1v) is 6.55. The largest absolute Gasteiger partial charge is 0.508 e. The molecule has 6 heteroatoms. The van der Waals surface area contributed by atoms with E-state index in [1.165, 1.54) is 25.3 Å². The number of aromatic hydroxyl groups is 1. The molecule has 2 aromatic carbocycles. The van der Waals surface area contributed by atoms with Gasteiger partial charge in [-0.3, -0.25) is 9.59 Å². The van der Waals surface area contributed by atoms with E-state index in [1.54, 1.807) is 36.4 Å². The lowest BCUT2D eigenvalue weighted by molar-refractivity contribution is -0.114. The molecular formula is C16H15N3O3. The number of phenolic OH excluding ortho intramolecular Hbond substituents is 1. The number of hydrogen-bond acceptors (Lipinski definition) is 4. The Kier molecular flexibility index (Phi) is 4.87. The molecule has 0 aromatic heterocycles. The molecule has 6 nitrogen and oxygen atoms in total. The van der Waals surface area contributed by atoms with Gasteiger partial charge < -0.3 is 10.4 Å². The molecule has 22 heavy (non-hydrogen) atoms. The van der Waals surface area contributed by atoms with Gasteiger partial charge in [0, 0.05) is 6.92 Å². The van der Waals surface area contributed by atoms with Crippen LogP contribution in [0.3, 0.4) is 0 Å². The number of hydrogen-bond donors (Lipinski definition) is 3. The highest BCUT2D eigenvalue weighted by Crippen LogP contribution is 2.14. The van der Waals surface area contributed by atoms with Gasteiger partial charge in [-0.15, -0.1) is 0 Å². The van der Waals surface area contributed by atoms with Gasteiger partial charge in [-0.2, -0.15) is 5.10 Å². The Hall–Kier alpha value is -3.15. The molecule has 0 unspecified atom stereocenters. The maximum Gasteiger partial charge on any atom is 0.273 e. The SMILES string of the molecule is CC(=O)Nc1ccccc1C(=O)N/N=C/c1ccc(O)cc1. The first kappa shape index (κ1) is 15.2. The van der Waals surface area contributed by atoms with E-state index in [-0.39, 0.29) is 11.7 Å². The van der Waals surface area contributed by atoms with Crippen LogP contribution in [-0.2, 0) is 4.79 Å². The number of carbonyl (C=O) groups is 2. The summed E-state index contributed by atoms with van der Waals surface area (Å²) >= 11 is 0. The molecule has 3 N–H and O–H groups in total. The molecule has 0 aliphatic rings. The number of nitrogens with zero attached hydrogens (tertiary/aromatic N) is 1. The summed E-state index contributed by atoms with van der Waals surface area (Å²) in [5.41, 5.74) is 3.87. The first-order chi connectivity index (χ1) is 10.6. The smallest absolute Gasteiger partial charge is 0.273 e. The van der Waals surface area contributed by atoms with Gasteiger partial charge >= 0.3 is 0 Å². The Balaban J connectivity index is 2.06. The van der Waals surface area contributed by atoms with Crippen molar-refractivity contribution in [3.8, 4) is 5.75 Å². The number of phenols is 1. The van der Waals surface area contributed by atoms with Crippen LogP contribution in [0.5, 0.6) is 5.75 Å². The van der Waals surface area contributed by atoms with Crippen molar-refractivity contribution in [2.24, 2.45) is 5.10 Å². The Morgan fingerprint density at radius 2 is 1.77 bits per heavy atom. The van der Waals surface area contributed by atoms with Crippen LogP contribution >= 0.6 is 0 Å². The number of amides is 2. The quantitative estimate of drug-likeness (QED) is 0.596. The fourth-order valence-corrected chi connectivity index (χ4v) is 1.77. The van der Waals surface area contributed by atoms with Crippen molar-refractivity contribution in [1.82, 2.24) is 5.43 Å². The van der Waals surface area contributed by atoms with E-state index in [2.05, 4.69) is 15.8 Å². The second-order valence-electron chi connectivity index (χ2n) is 4.52. The van der Waals surface area contributed by atoms with Gasteiger partial charge in [0.1, 0.15) is 5.75 Å². The van der Waals surface area contributed by atoms with E-state index in [0.29, 0.717) is 11.3 Å². The highest BCUT2D eigenvalue weighted by molar-refractivity contribution is 6.03. The molecule has 2 aromatic rings. The third-order valence-electron chi connectivity index (χ3n) is 2.76. The molecule has 0 aliphatic carbocycles. The first-order valence-electron chi connectivity index (χ1n) is 6.55. The number of para-hydroxylation sites is 1. The number of rotatable bonds is 4. The van der Waals surface area contributed by atoms with Gasteiger partial charge in [0.05, 0.1) is 17.5 Å². The zero-order valence-corrected chi connectivity index (χ0v) is 11.9. The zero-order valence-electron chi connectivity index (χ0n) is 11.9. The van der Waals surface area contributed by atoms with Gasteiger partial charge in [-0.05, 0) is 42.0 Å². The second kappa shape index (κ2) is 7.03. The minimum atomic E-state index is -0.431. The van der Waals surface area contributed by atoms with Crippen molar-refractivity contribution in [2.75, 3.05) is 5.32 Å². The summed E-state index contributed by atoms with van der Waals surface area (Å²) < 4.78 is 0. The lowest BCUT2D eigenvalue weighted by atomic mass is 10.1. The van der Waals surface area contributed by atoms with Gasteiger partial charge in [-0.25, -0.2) is 5.43 Å². The Morgan fingerprint density at radius 1 is 1.09 bits per heavy atom. The van der Waals surface area contributed by atoms with E-state index < -0.39 is 5.91 Å².